The van der Waals surface area contributed by atoms with Crippen LogP contribution in [-0.2, 0) is 5.54 Å². The molecule has 0 radical (unpaired) electrons. The molecule has 0 saturated carbocycles. The lowest BCUT2D eigenvalue weighted by Crippen LogP contribution is -2.30. The van der Waals surface area contributed by atoms with E-state index in [1.807, 2.05) is 18.2 Å². The van der Waals surface area contributed by atoms with Gasteiger partial charge in [0.2, 0.25) is 0 Å². The summed E-state index contributed by atoms with van der Waals surface area (Å²) in [4.78, 5) is 1.24. The minimum Gasteiger partial charge on any atom is -0.493 e. The van der Waals surface area contributed by atoms with E-state index in [2.05, 4.69) is 49.1 Å². The van der Waals surface area contributed by atoms with Gasteiger partial charge in [0.15, 0.2) is 11.5 Å². The number of nitrogens with one attached hydrogen (secondary N) is 1. The average Bonchev–Trinajstić information content (AvgIpc) is 3.01. The molecule has 0 spiro atoms. The molecular weight excluding hydrogens is 388 g/mol. The summed E-state index contributed by atoms with van der Waals surface area (Å²) in [7, 11) is 3.29. The van der Waals surface area contributed by atoms with E-state index in [0.29, 0.717) is 11.5 Å². The molecule has 1 aliphatic rings. The van der Waals surface area contributed by atoms with Crippen LogP contribution in [0, 0.1) is 18.5 Å². The lowest BCUT2D eigenvalue weighted by molar-refractivity contribution is 0.355. The van der Waals surface area contributed by atoms with Crippen LogP contribution in [0.2, 0.25) is 0 Å². The minimum absolute atomic E-state index is 0.204. The maximum absolute atomic E-state index is 5.96. The number of anilines is 1. The summed E-state index contributed by atoms with van der Waals surface area (Å²) in [6.07, 6.45) is 0. The van der Waals surface area contributed by atoms with E-state index in [-0.39, 0.29) is 5.54 Å². The van der Waals surface area contributed by atoms with E-state index in [1.165, 1.54) is 21.6 Å². The molecule has 4 rings (SSSR count). The Kier molecular flexibility index (Phi) is 4.51. The van der Waals surface area contributed by atoms with Crippen molar-refractivity contribution in [2.75, 3.05) is 19.5 Å². The van der Waals surface area contributed by atoms with Crippen LogP contribution in [0.1, 0.15) is 29.9 Å². The van der Waals surface area contributed by atoms with Gasteiger partial charge in [0.1, 0.15) is 4.64 Å². The molecule has 1 aliphatic heterocycles. The molecule has 0 amide bonds. The summed E-state index contributed by atoms with van der Waals surface area (Å²) < 4.78 is 13.8. The molecule has 6 heteroatoms. The van der Waals surface area contributed by atoms with Gasteiger partial charge in [-0.1, -0.05) is 23.8 Å². The van der Waals surface area contributed by atoms with Crippen LogP contribution < -0.4 is 14.8 Å². The Hall–Kier alpha value is -2.31. The average molecular weight is 413 g/mol. The standard InChI is InChI=1S/C22H24N2O2S2/c1-12-9-15-16(10-13(12)2)23-22(3,4)20-19(15)21(27)24(28-20)14-7-8-17(25-5)18(11-14)26-6/h7-11,23H,1-6H3. The number of aromatic nitrogens is 1. The van der Waals surface area contributed by atoms with Gasteiger partial charge in [-0.25, -0.2) is 0 Å². The maximum Gasteiger partial charge on any atom is 0.162 e. The van der Waals surface area contributed by atoms with Crippen LogP contribution in [0.25, 0.3) is 16.8 Å². The molecule has 1 aromatic heterocycles. The van der Waals surface area contributed by atoms with Gasteiger partial charge < -0.3 is 14.8 Å². The first-order valence-electron chi connectivity index (χ1n) is 9.16. The number of hydrogen-bond donors (Lipinski definition) is 1. The molecule has 4 nitrogen and oxygen atoms in total. The second-order valence-electron chi connectivity index (χ2n) is 7.67. The molecule has 2 heterocycles. The van der Waals surface area contributed by atoms with Crippen LogP contribution >= 0.6 is 23.8 Å². The normalized spacial score (nSPS) is 14.1. The Labute approximate surface area is 174 Å². The Morgan fingerprint density at radius 2 is 1.68 bits per heavy atom. The lowest BCUT2D eigenvalue weighted by Gasteiger charge is -2.33. The van der Waals surface area contributed by atoms with Crippen molar-refractivity contribution in [1.29, 1.82) is 0 Å². The molecule has 146 valence electrons. The van der Waals surface area contributed by atoms with Gasteiger partial charge in [0.25, 0.3) is 0 Å². The summed E-state index contributed by atoms with van der Waals surface area (Å²) >= 11 is 7.65. The van der Waals surface area contributed by atoms with Gasteiger partial charge in [0, 0.05) is 22.9 Å². The van der Waals surface area contributed by atoms with E-state index < -0.39 is 0 Å². The van der Waals surface area contributed by atoms with Crippen LogP contribution in [0.3, 0.4) is 0 Å². The van der Waals surface area contributed by atoms with Crippen LogP contribution in [0.15, 0.2) is 30.3 Å². The largest absolute Gasteiger partial charge is 0.493 e. The third kappa shape index (κ3) is 2.83. The maximum atomic E-state index is 5.96. The van der Waals surface area contributed by atoms with E-state index >= 15 is 0 Å². The Morgan fingerprint density at radius 1 is 1.00 bits per heavy atom. The SMILES string of the molecule is COc1ccc(-n2sc3c(c2=S)-c2cc(C)c(C)cc2NC3(C)C)cc1OC. The highest BCUT2D eigenvalue weighted by atomic mass is 32.1. The summed E-state index contributed by atoms with van der Waals surface area (Å²) in [5.41, 5.74) is 6.79. The molecule has 0 unspecified atom stereocenters. The first-order chi connectivity index (χ1) is 13.3. The summed E-state index contributed by atoms with van der Waals surface area (Å²) in [5, 5.41) is 3.70. The van der Waals surface area contributed by atoms with Crippen molar-refractivity contribution >= 4 is 29.4 Å². The van der Waals surface area contributed by atoms with Crippen molar-refractivity contribution in [1.82, 2.24) is 3.96 Å². The van der Waals surface area contributed by atoms with Gasteiger partial charge in [-0.2, -0.15) is 0 Å². The highest BCUT2D eigenvalue weighted by Crippen LogP contribution is 2.48. The second-order valence-corrected chi connectivity index (χ2v) is 9.01. The summed E-state index contributed by atoms with van der Waals surface area (Å²) in [5.74, 6) is 1.40. The fourth-order valence-corrected chi connectivity index (χ4v) is 5.33. The number of aryl methyl sites for hydroxylation is 2. The molecule has 0 fully saturated rings. The number of fused-ring (bicyclic) bond motifs is 3. The number of nitrogens with zero attached hydrogens (tertiary/aromatic N) is 1. The second kappa shape index (κ2) is 6.64. The van der Waals surface area contributed by atoms with Crippen molar-refractivity contribution in [3.63, 3.8) is 0 Å². The summed E-state index contributed by atoms with van der Waals surface area (Å²) in [6, 6.07) is 10.4. The highest BCUT2D eigenvalue weighted by Gasteiger charge is 2.35. The zero-order chi connectivity index (χ0) is 20.2. The predicted octanol–water partition coefficient (Wildman–Crippen LogP) is 6.23. The molecule has 28 heavy (non-hydrogen) atoms. The fraction of sp³-hybridized carbons (Fsp3) is 0.318. The Morgan fingerprint density at radius 3 is 2.36 bits per heavy atom. The van der Waals surface area contributed by atoms with Crippen LogP contribution in [-0.4, -0.2) is 18.2 Å². The van der Waals surface area contributed by atoms with Gasteiger partial charge in [-0.05, 0) is 63.1 Å². The first-order valence-corrected chi connectivity index (χ1v) is 10.3. The molecular formula is C22H24N2O2S2. The summed E-state index contributed by atoms with van der Waals surface area (Å²) in [6.45, 7) is 8.70. The lowest BCUT2D eigenvalue weighted by atomic mass is 9.88. The van der Waals surface area contributed by atoms with E-state index in [0.717, 1.165) is 21.6 Å². The van der Waals surface area contributed by atoms with Crippen molar-refractivity contribution < 1.29 is 9.47 Å². The third-order valence-electron chi connectivity index (χ3n) is 5.33. The van der Waals surface area contributed by atoms with Gasteiger partial charge in [-0.3, -0.25) is 3.96 Å². The zero-order valence-corrected chi connectivity index (χ0v) is 18.6. The topological polar surface area (TPSA) is 35.4 Å². The molecule has 3 aromatic rings. The highest BCUT2D eigenvalue weighted by molar-refractivity contribution is 7.71. The number of methoxy groups -OCH3 is 2. The number of hydrogen-bond acceptors (Lipinski definition) is 5. The van der Waals surface area contributed by atoms with Crippen molar-refractivity contribution in [3.05, 3.63) is 51.0 Å². The van der Waals surface area contributed by atoms with Gasteiger partial charge in [0.05, 0.1) is 30.3 Å². The number of benzene rings is 2. The predicted molar refractivity (Wildman–Crippen MR) is 119 cm³/mol. The molecule has 0 atom stereocenters. The van der Waals surface area contributed by atoms with Gasteiger partial charge in [-0.15, -0.1) is 0 Å². The zero-order valence-electron chi connectivity index (χ0n) is 17.0. The smallest absolute Gasteiger partial charge is 0.162 e. The van der Waals surface area contributed by atoms with Crippen molar-refractivity contribution in [2.45, 2.75) is 33.2 Å². The first kappa shape index (κ1) is 19.0. The van der Waals surface area contributed by atoms with Crippen molar-refractivity contribution in [3.8, 4) is 28.3 Å². The van der Waals surface area contributed by atoms with Gasteiger partial charge >= 0.3 is 0 Å². The van der Waals surface area contributed by atoms with E-state index in [9.17, 15) is 0 Å². The van der Waals surface area contributed by atoms with E-state index in [1.54, 1.807) is 25.8 Å². The minimum atomic E-state index is -0.204. The van der Waals surface area contributed by atoms with E-state index in [4.69, 9.17) is 21.7 Å². The molecule has 1 N–H and O–H groups in total. The number of rotatable bonds is 3. The molecule has 2 aromatic carbocycles. The number of ether oxygens (including phenoxy) is 2. The van der Waals surface area contributed by atoms with Crippen LogP contribution in [0.5, 0.6) is 11.5 Å². The Balaban J connectivity index is 1.97. The third-order valence-corrected chi connectivity index (χ3v) is 7.30. The molecule has 0 saturated heterocycles. The monoisotopic (exact) mass is 412 g/mol. The quantitative estimate of drug-likeness (QED) is 0.517. The molecule has 0 aliphatic carbocycles. The van der Waals surface area contributed by atoms with Crippen LogP contribution in [0.4, 0.5) is 5.69 Å². The molecule has 0 bridgehead atoms. The van der Waals surface area contributed by atoms with Crippen molar-refractivity contribution in [2.24, 2.45) is 0 Å². The Bertz CT molecular complexity index is 1140. The fourth-order valence-electron chi connectivity index (χ4n) is 3.68.